The molecule has 0 fully saturated rings. The summed E-state index contributed by atoms with van der Waals surface area (Å²) in [5, 5.41) is 10.4. The SMILES string of the molecule is OC(COc1ccccc1)CN(Cc1cccc(F)c1)Cc1ccco1. The van der Waals surface area contributed by atoms with Gasteiger partial charge in [-0.3, -0.25) is 4.90 Å². The number of ether oxygens (including phenoxy) is 1. The second kappa shape index (κ2) is 9.17. The average Bonchev–Trinajstić information content (AvgIpc) is 3.14. The van der Waals surface area contributed by atoms with Gasteiger partial charge in [0.05, 0.1) is 12.8 Å². The van der Waals surface area contributed by atoms with E-state index in [1.807, 2.05) is 53.4 Å². The van der Waals surface area contributed by atoms with E-state index in [-0.39, 0.29) is 12.4 Å². The third-order valence-electron chi connectivity index (χ3n) is 3.91. The lowest BCUT2D eigenvalue weighted by Gasteiger charge is -2.24. The van der Waals surface area contributed by atoms with Gasteiger partial charge in [-0.15, -0.1) is 0 Å². The van der Waals surface area contributed by atoms with Gasteiger partial charge in [-0.1, -0.05) is 30.3 Å². The van der Waals surface area contributed by atoms with Gasteiger partial charge in [0.15, 0.2) is 0 Å². The Hall–Kier alpha value is -2.63. The van der Waals surface area contributed by atoms with Crippen molar-refractivity contribution in [1.82, 2.24) is 4.90 Å². The van der Waals surface area contributed by atoms with Crippen LogP contribution in [0.3, 0.4) is 0 Å². The minimum absolute atomic E-state index is 0.182. The summed E-state index contributed by atoms with van der Waals surface area (Å²) < 4.78 is 24.5. The molecule has 0 amide bonds. The van der Waals surface area contributed by atoms with Gasteiger partial charge >= 0.3 is 0 Å². The summed E-state index contributed by atoms with van der Waals surface area (Å²) in [7, 11) is 0. The van der Waals surface area contributed by atoms with E-state index in [2.05, 4.69) is 0 Å². The minimum Gasteiger partial charge on any atom is -0.491 e. The largest absolute Gasteiger partial charge is 0.491 e. The molecular weight excluding hydrogens is 333 g/mol. The molecule has 1 heterocycles. The van der Waals surface area contributed by atoms with Crippen molar-refractivity contribution >= 4 is 0 Å². The van der Waals surface area contributed by atoms with E-state index in [4.69, 9.17) is 9.15 Å². The summed E-state index contributed by atoms with van der Waals surface area (Å²) in [6.07, 6.45) is 0.934. The molecule has 3 rings (SSSR count). The Labute approximate surface area is 152 Å². The molecule has 1 aromatic heterocycles. The molecule has 3 aromatic rings. The maximum atomic E-state index is 13.5. The van der Waals surface area contributed by atoms with Crippen LogP contribution in [0.25, 0.3) is 0 Å². The Balaban J connectivity index is 1.60. The van der Waals surface area contributed by atoms with Gasteiger partial charge in [-0.05, 0) is 42.0 Å². The van der Waals surface area contributed by atoms with E-state index in [0.29, 0.717) is 25.4 Å². The van der Waals surface area contributed by atoms with Gasteiger partial charge in [-0.25, -0.2) is 4.39 Å². The zero-order chi connectivity index (χ0) is 18.2. The van der Waals surface area contributed by atoms with Crippen LogP contribution in [0, 0.1) is 5.82 Å². The van der Waals surface area contributed by atoms with E-state index in [1.54, 1.807) is 12.3 Å². The Kier molecular flexibility index (Phi) is 6.41. The second-order valence-corrected chi connectivity index (χ2v) is 6.16. The van der Waals surface area contributed by atoms with Crippen molar-refractivity contribution in [3.63, 3.8) is 0 Å². The van der Waals surface area contributed by atoms with Crippen LogP contribution in [0.2, 0.25) is 0 Å². The zero-order valence-electron chi connectivity index (χ0n) is 14.4. The quantitative estimate of drug-likeness (QED) is 0.633. The van der Waals surface area contributed by atoms with Gasteiger partial charge in [0, 0.05) is 13.1 Å². The Bertz CT molecular complexity index is 777. The third kappa shape index (κ3) is 5.72. The summed E-state index contributed by atoms with van der Waals surface area (Å²) in [6.45, 7) is 1.58. The fourth-order valence-electron chi connectivity index (χ4n) is 2.76. The van der Waals surface area contributed by atoms with Gasteiger partial charge in [-0.2, -0.15) is 0 Å². The molecule has 0 radical (unpaired) electrons. The molecule has 0 spiro atoms. The van der Waals surface area contributed by atoms with Gasteiger partial charge < -0.3 is 14.3 Å². The van der Waals surface area contributed by atoms with Crippen molar-refractivity contribution < 1.29 is 18.7 Å². The highest BCUT2D eigenvalue weighted by Crippen LogP contribution is 2.13. The van der Waals surface area contributed by atoms with E-state index in [0.717, 1.165) is 11.3 Å². The Morgan fingerprint density at radius 2 is 1.85 bits per heavy atom. The highest BCUT2D eigenvalue weighted by atomic mass is 19.1. The van der Waals surface area contributed by atoms with Gasteiger partial charge in [0.1, 0.15) is 30.0 Å². The topological polar surface area (TPSA) is 45.8 Å². The van der Waals surface area contributed by atoms with Crippen LogP contribution in [-0.4, -0.2) is 29.3 Å². The molecule has 4 nitrogen and oxygen atoms in total. The molecule has 1 atom stereocenters. The normalized spacial score (nSPS) is 12.3. The van der Waals surface area contributed by atoms with Crippen LogP contribution in [0.15, 0.2) is 77.4 Å². The highest BCUT2D eigenvalue weighted by Gasteiger charge is 2.15. The Morgan fingerprint density at radius 3 is 2.58 bits per heavy atom. The van der Waals surface area contributed by atoms with Crippen molar-refractivity contribution in [3.05, 3.63) is 90.1 Å². The number of aliphatic hydroxyl groups is 1. The maximum Gasteiger partial charge on any atom is 0.123 e. The maximum absolute atomic E-state index is 13.5. The number of hydrogen-bond donors (Lipinski definition) is 1. The molecular formula is C21H22FNO3. The van der Waals surface area contributed by atoms with Crippen LogP contribution in [0.5, 0.6) is 5.75 Å². The summed E-state index contributed by atoms with van der Waals surface area (Å²) in [5.41, 5.74) is 0.840. The summed E-state index contributed by atoms with van der Waals surface area (Å²) in [6, 6.07) is 19.5. The molecule has 0 saturated carbocycles. The first-order valence-corrected chi connectivity index (χ1v) is 8.54. The lowest BCUT2D eigenvalue weighted by atomic mass is 10.2. The average molecular weight is 355 g/mol. The van der Waals surface area contributed by atoms with E-state index in [1.165, 1.54) is 12.1 Å². The highest BCUT2D eigenvalue weighted by molar-refractivity contribution is 5.21. The molecule has 0 bridgehead atoms. The Morgan fingerprint density at radius 1 is 1.00 bits per heavy atom. The zero-order valence-corrected chi connectivity index (χ0v) is 14.4. The number of furan rings is 1. The number of benzene rings is 2. The lowest BCUT2D eigenvalue weighted by Crippen LogP contribution is -2.35. The number of halogens is 1. The first-order chi connectivity index (χ1) is 12.7. The molecule has 2 aromatic carbocycles. The number of hydrogen-bond acceptors (Lipinski definition) is 4. The molecule has 1 unspecified atom stereocenters. The number of nitrogens with zero attached hydrogens (tertiary/aromatic N) is 1. The van der Waals surface area contributed by atoms with Crippen molar-refractivity contribution in [2.75, 3.05) is 13.2 Å². The van der Waals surface area contributed by atoms with Crippen LogP contribution in [0.4, 0.5) is 4.39 Å². The number of para-hydroxylation sites is 1. The standard InChI is InChI=1S/C21H22FNO3/c22-18-7-4-6-17(12-18)13-23(15-21-10-5-11-25-21)14-19(24)16-26-20-8-2-1-3-9-20/h1-12,19,24H,13-16H2. The molecule has 136 valence electrons. The fraction of sp³-hybridized carbons (Fsp3) is 0.238. The smallest absolute Gasteiger partial charge is 0.123 e. The van der Waals surface area contributed by atoms with Crippen molar-refractivity contribution in [3.8, 4) is 5.75 Å². The van der Waals surface area contributed by atoms with Crippen LogP contribution in [-0.2, 0) is 13.1 Å². The predicted molar refractivity (Wildman–Crippen MR) is 97.2 cm³/mol. The summed E-state index contributed by atoms with van der Waals surface area (Å²) in [4.78, 5) is 2.01. The van der Waals surface area contributed by atoms with Crippen LogP contribution in [0.1, 0.15) is 11.3 Å². The lowest BCUT2D eigenvalue weighted by molar-refractivity contribution is 0.0604. The van der Waals surface area contributed by atoms with Crippen molar-refractivity contribution in [1.29, 1.82) is 0 Å². The number of aliphatic hydroxyl groups excluding tert-OH is 1. The second-order valence-electron chi connectivity index (χ2n) is 6.16. The third-order valence-corrected chi connectivity index (χ3v) is 3.91. The first-order valence-electron chi connectivity index (χ1n) is 8.54. The molecule has 0 aliphatic rings. The predicted octanol–water partition coefficient (Wildman–Crippen LogP) is 3.86. The fourth-order valence-corrected chi connectivity index (χ4v) is 2.76. The molecule has 0 aliphatic carbocycles. The summed E-state index contributed by atoms with van der Waals surface area (Å²) >= 11 is 0. The van der Waals surface area contributed by atoms with E-state index in [9.17, 15) is 9.50 Å². The molecule has 0 saturated heterocycles. The molecule has 5 heteroatoms. The van der Waals surface area contributed by atoms with E-state index < -0.39 is 6.10 Å². The van der Waals surface area contributed by atoms with Crippen LogP contribution >= 0.6 is 0 Å². The first kappa shape index (κ1) is 18.2. The van der Waals surface area contributed by atoms with Gasteiger partial charge in [0.2, 0.25) is 0 Å². The number of rotatable bonds is 9. The van der Waals surface area contributed by atoms with E-state index >= 15 is 0 Å². The van der Waals surface area contributed by atoms with Crippen LogP contribution < -0.4 is 4.74 Å². The van der Waals surface area contributed by atoms with Gasteiger partial charge in [0.25, 0.3) is 0 Å². The molecule has 1 N–H and O–H groups in total. The van der Waals surface area contributed by atoms with Crippen molar-refractivity contribution in [2.45, 2.75) is 19.2 Å². The minimum atomic E-state index is -0.682. The monoisotopic (exact) mass is 355 g/mol. The van der Waals surface area contributed by atoms with Crippen molar-refractivity contribution in [2.24, 2.45) is 0 Å². The molecule has 26 heavy (non-hydrogen) atoms. The molecule has 0 aliphatic heterocycles. The summed E-state index contributed by atoms with van der Waals surface area (Å²) in [5.74, 6) is 1.24.